The molecule has 2 N–H and O–H groups in total. The standard InChI is InChI=1S/C14H10FN3OS/c15-10-5-3-9(4-6-10)12-13(19)17-14(20)18(12)11-2-1-7-16-8-11/h1-8,19H,(H,17,20). The summed E-state index contributed by atoms with van der Waals surface area (Å²) in [5.74, 6) is -0.402. The number of nitrogens with one attached hydrogen (secondary N) is 1. The number of nitrogens with zero attached hydrogens (tertiary/aromatic N) is 2. The first kappa shape index (κ1) is 12.6. The number of hydrogen-bond acceptors (Lipinski definition) is 3. The molecule has 3 aromatic rings. The molecule has 1 aromatic carbocycles. The molecule has 0 unspecified atom stereocenters. The molecule has 2 heterocycles. The van der Waals surface area contributed by atoms with E-state index in [1.54, 1.807) is 35.2 Å². The van der Waals surface area contributed by atoms with Crippen LogP contribution < -0.4 is 0 Å². The third kappa shape index (κ3) is 2.10. The van der Waals surface area contributed by atoms with Crippen molar-refractivity contribution in [2.45, 2.75) is 0 Å². The number of aromatic amines is 1. The zero-order valence-electron chi connectivity index (χ0n) is 10.2. The Labute approximate surface area is 119 Å². The normalized spacial score (nSPS) is 10.7. The van der Waals surface area contributed by atoms with Crippen molar-refractivity contribution in [3.05, 3.63) is 59.4 Å². The Morgan fingerprint density at radius 2 is 1.95 bits per heavy atom. The van der Waals surface area contributed by atoms with Crippen molar-refractivity contribution >= 4 is 12.2 Å². The molecule has 0 saturated carbocycles. The maximum atomic E-state index is 13.0. The summed E-state index contributed by atoms with van der Waals surface area (Å²) < 4.78 is 15.0. The molecule has 100 valence electrons. The van der Waals surface area contributed by atoms with Crippen LogP contribution in [0.1, 0.15) is 0 Å². The smallest absolute Gasteiger partial charge is 0.216 e. The van der Waals surface area contributed by atoms with Crippen molar-refractivity contribution in [3.63, 3.8) is 0 Å². The molecular formula is C14H10FN3OS. The topological polar surface area (TPSA) is 53.8 Å². The summed E-state index contributed by atoms with van der Waals surface area (Å²) in [5.41, 5.74) is 1.84. The molecule has 4 nitrogen and oxygen atoms in total. The number of aromatic nitrogens is 3. The highest BCUT2D eigenvalue weighted by molar-refractivity contribution is 7.71. The number of hydrogen-bond donors (Lipinski definition) is 2. The fourth-order valence-corrected chi connectivity index (χ4v) is 2.32. The average Bonchev–Trinajstić information content (AvgIpc) is 2.75. The van der Waals surface area contributed by atoms with E-state index in [0.29, 0.717) is 21.7 Å². The van der Waals surface area contributed by atoms with Crippen LogP contribution in [-0.4, -0.2) is 19.6 Å². The first-order valence-electron chi connectivity index (χ1n) is 5.87. The molecule has 0 spiro atoms. The predicted molar refractivity (Wildman–Crippen MR) is 75.8 cm³/mol. The van der Waals surface area contributed by atoms with Crippen LogP contribution in [0, 0.1) is 10.6 Å². The highest BCUT2D eigenvalue weighted by atomic mass is 32.1. The van der Waals surface area contributed by atoms with Gasteiger partial charge in [0.15, 0.2) is 4.77 Å². The van der Waals surface area contributed by atoms with Gasteiger partial charge in [-0.3, -0.25) is 9.55 Å². The molecule has 0 fully saturated rings. The van der Waals surface area contributed by atoms with Gasteiger partial charge >= 0.3 is 0 Å². The lowest BCUT2D eigenvalue weighted by Crippen LogP contribution is -1.97. The Kier molecular flexibility index (Phi) is 3.08. The van der Waals surface area contributed by atoms with E-state index >= 15 is 0 Å². The Balaban J connectivity index is 2.26. The maximum Gasteiger partial charge on any atom is 0.216 e. The number of imidazole rings is 1. The van der Waals surface area contributed by atoms with Gasteiger partial charge in [-0.25, -0.2) is 4.39 Å². The summed E-state index contributed by atoms with van der Waals surface area (Å²) in [5, 5.41) is 10.0. The van der Waals surface area contributed by atoms with Gasteiger partial charge in [0.05, 0.1) is 11.9 Å². The third-order valence-electron chi connectivity index (χ3n) is 2.90. The van der Waals surface area contributed by atoms with Gasteiger partial charge in [0.1, 0.15) is 11.5 Å². The minimum atomic E-state index is -0.338. The van der Waals surface area contributed by atoms with E-state index in [0.717, 1.165) is 0 Å². The summed E-state index contributed by atoms with van der Waals surface area (Å²) in [6.45, 7) is 0. The highest BCUT2D eigenvalue weighted by Crippen LogP contribution is 2.31. The summed E-state index contributed by atoms with van der Waals surface area (Å²) in [6, 6.07) is 9.43. The van der Waals surface area contributed by atoms with Gasteiger partial charge in [-0.15, -0.1) is 0 Å². The molecule has 0 amide bonds. The van der Waals surface area contributed by atoms with Crippen LogP contribution in [0.5, 0.6) is 5.88 Å². The van der Waals surface area contributed by atoms with E-state index in [2.05, 4.69) is 9.97 Å². The molecule has 0 aliphatic carbocycles. The predicted octanol–water partition coefficient (Wildman–Crippen LogP) is 3.44. The first-order valence-corrected chi connectivity index (χ1v) is 6.28. The van der Waals surface area contributed by atoms with Crippen molar-refractivity contribution in [2.24, 2.45) is 0 Å². The van der Waals surface area contributed by atoms with E-state index in [9.17, 15) is 9.50 Å². The Hall–Kier alpha value is -2.47. The quantitative estimate of drug-likeness (QED) is 0.710. The molecule has 0 radical (unpaired) electrons. The third-order valence-corrected chi connectivity index (χ3v) is 3.18. The summed E-state index contributed by atoms with van der Waals surface area (Å²) in [7, 11) is 0. The van der Waals surface area contributed by atoms with Gasteiger partial charge in [0.2, 0.25) is 5.88 Å². The van der Waals surface area contributed by atoms with Crippen LogP contribution in [0.15, 0.2) is 48.8 Å². The summed E-state index contributed by atoms with van der Waals surface area (Å²) in [4.78, 5) is 6.74. The first-order chi connectivity index (χ1) is 9.66. The van der Waals surface area contributed by atoms with Crippen molar-refractivity contribution in [3.8, 4) is 22.8 Å². The van der Waals surface area contributed by atoms with E-state index < -0.39 is 0 Å². The van der Waals surface area contributed by atoms with Crippen molar-refractivity contribution < 1.29 is 9.50 Å². The van der Waals surface area contributed by atoms with Crippen LogP contribution in [0.3, 0.4) is 0 Å². The molecule has 6 heteroatoms. The number of H-pyrrole nitrogens is 1. The molecule has 0 aliphatic heterocycles. The lowest BCUT2D eigenvalue weighted by atomic mass is 10.1. The highest BCUT2D eigenvalue weighted by Gasteiger charge is 2.15. The van der Waals surface area contributed by atoms with Crippen LogP contribution in [-0.2, 0) is 0 Å². The largest absolute Gasteiger partial charge is 0.493 e. The van der Waals surface area contributed by atoms with E-state index in [4.69, 9.17) is 12.2 Å². The maximum absolute atomic E-state index is 13.0. The number of halogens is 1. The number of aromatic hydroxyl groups is 1. The van der Waals surface area contributed by atoms with Gasteiger partial charge in [-0.2, -0.15) is 0 Å². The zero-order chi connectivity index (χ0) is 14.1. The van der Waals surface area contributed by atoms with Crippen LogP contribution >= 0.6 is 12.2 Å². The fraction of sp³-hybridized carbons (Fsp3) is 0. The lowest BCUT2D eigenvalue weighted by molar-refractivity contribution is 0.458. The van der Waals surface area contributed by atoms with Crippen LogP contribution in [0.2, 0.25) is 0 Å². The second kappa shape index (κ2) is 4.90. The van der Waals surface area contributed by atoms with Crippen LogP contribution in [0.25, 0.3) is 16.9 Å². The van der Waals surface area contributed by atoms with Gasteiger partial charge < -0.3 is 10.1 Å². The van der Waals surface area contributed by atoms with Gasteiger partial charge in [-0.1, -0.05) is 0 Å². The van der Waals surface area contributed by atoms with Gasteiger partial charge in [-0.05, 0) is 48.6 Å². The zero-order valence-corrected chi connectivity index (χ0v) is 11.1. The van der Waals surface area contributed by atoms with E-state index in [-0.39, 0.29) is 11.7 Å². The average molecular weight is 287 g/mol. The lowest BCUT2D eigenvalue weighted by Gasteiger charge is -2.08. The van der Waals surface area contributed by atoms with Crippen molar-refractivity contribution in [1.29, 1.82) is 0 Å². The summed E-state index contributed by atoms with van der Waals surface area (Å²) >= 11 is 5.21. The minimum Gasteiger partial charge on any atom is -0.493 e. The van der Waals surface area contributed by atoms with Crippen molar-refractivity contribution in [1.82, 2.24) is 14.5 Å². The number of rotatable bonds is 2. The number of benzene rings is 1. The Bertz CT molecular complexity index is 794. The Morgan fingerprint density at radius 1 is 1.20 bits per heavy atom. The second-order valence-corrected chi connectivity index (χ2v) is 4.57. The molecule has 0 bridgehead atoms. The monoisotopic (exact) mass is 287 g/mol. The number of pyridine rings is 1. The molecule has 0 aliphatic rings. The fourth-order valence-electron chi connectivity index (χ4n) is 2.03. The molecule has 0 saturated heterocycles. The van der Waals surface area contributed by atoms with Gasteiger partial charge in [0.25, 0.3) is 0 Å². The van der Waals surface area contributed by atoms with E-state index in [1.165, 1.54) is 12.1 Å². The minimum absolute atomic E-state index is 0.0644. The Morgan fingerprint density at radius 3 is 2.60 bits per heavy atom. The van der Waals surface area contributed by atoms with Crippen molar-refractivity contribution in [2.75, 3.05) is 0 Å². The van der Waals surface area contributed by atoms with E-state index in [1.807, 2.05) is 6.07 Å². The SMILES string of the molecule is Oc1[nH]c(=S)n(-c2cccnc2)c1-c1ccc(F)cc1. The molecular weight excluding hydrogens is 277 g/mol. The molecule has 20 heavy (non-hydrogen) atoms. The molecule has 0 atom stereocenters. The molecule has 3 rings (SSSR count). The summed E-state index contributed by atoms with van der Waals surface area (Å²) in [6.07, 6.45) is 3.29. The van der Waals surface area contributed by atoms with Gasteiger partial charge in [0, 0.05) is 11.8 Å². The molecule has 2 aromatic heterocycles. The second-order valence-electron chi connectivity index (χ2n) is 4.18. The van der Waals surface area contributed by atoms with Crippen LogP contribution in [0.4, 0.5) is 4.39 Å².